The molecule has 80 valence electrons. The number of hydrogen-bond acceptors (Lipinski definition) is 1. The van der Waals surface area contributed by atoms with Gasteiger partial charge in [-0.3, -0.25) is 4.79 Å². The third-order valence-corrected chi connectivity index (χ3v) is 3.34. The van der Waals surface area contributed by atoms with E-state index in [2.05, 4.69) is 32.9 Å². The predicted molar refractivity (Wildman–Crippen MR) is 62.3 cm³/mol. The predicted octanol–water partition coefficient (Wildman–Crippen LogP) is 3.46. The first-order valence-corrected chi connectivity index (χ1v) is 5.71. The Hall–Kier alpha value is -1.11. The summed E-state index contributed by atoms with van der Waals surface area (Å²) in [7, 11) is 0. The number of carbonyl (C=O) groups is 1. The number of aryl methyl sites for hydroxylation is 2. The Bertz CT molecular complexity index is 404. The van der Waals surface area contributed by atoms with Gasteiger partial charge in [0.2, 0.25) is 0 Å². The summed E-state index contributed by atoms with van der Waals surface area (Å²) in [5.41, 5.74) is 4.76. The summed E-state index contributed by atoms with van der Waals surface area (Å²) >= 11 is 0. The fourth-order valence-electron chi connectivity index (χ4n) is 2.50. The number of carbonyl (C=O) groups excluding carboxylic acids is 1. The molecular weight excluding hydrogens is 184 g/mol. The van der Waals surface area contributed by atoms with Gasteiger partial charge in [0.15, 0.2) is 5.78 Å². The Morgan fingerprint density at radius 3 is 2.73 bits per heavy atom. The molecular formula is C14H18O. The summed E-state index contributed by atoms with van der Waals surface area (Å²) in [6.07, 6.45) is 2.92. The van der Waals surface area contributed by atoms with Gasteiger partial charge < -0.3 is 0 Å². The van der Waals surface area contributed by atoms with E-state index in [0.717, 1.165) is 24.8 Å². The van der Waals surface area contributed by atoms with Crippen LogP contribution in [0.15, 0.2) is 12.1 Å². The van der Waals surface area contributed by atoms with E-state index >= 15 is 0 Å². The lowest BCUT2D eigenvalue weighted by molar-refractivity contribution is 0.0967. The minimum absolute atomic E-state index is 0.335. The van der Waals surface area contributed by atoms with Crippen LogP contribution in [-0.4, -0.2) is 5.78 Å². The SMILES string of the molecule is Cc1cc(C)c2c(c1)C(=O)CC(C)CC2. The van der Waals surface area contributed by atoms with Crippen molar-refractivity contribution in [2.45, 2.75) is 40.0 Å². The summed E-state index contributed by atoms with van der Waals surface area (Å²) in [5, 5.41) is 0. The lowest BCUT2D eigenvalue weighted by atomic mass is 9.95. The molecule has 1 aliphatic rings. The van der Waals surface area contributed by atoms with Gasteiger partial charge >= 0.3 is 0 Å². The monoisotopic (exact) mass is 202 g/mol. The molecule has 1 atom stereocenters. The molecule has 1 heteroatoms. The highest BCUT2D eigenvalue weighted by Crippen LogP contribution is 2.27. The van der Waals surface area contributed by atoms with Crippen molar-refractivity contribution >= 4 is 5.78 Å². The van der Waals surface area contributed by atoms with E-state index in [0.29, 0.717) is 11.7 Å². The first-order valence-electron chi connectivity index (χ1n) is 5.71. The second kappa shape index (κ2) is 3.80. The molecule has 0 radical (unpaired) electrons. The molecule has 0 saturated heterocycles. The van der Waals surface area contributed by atoms with Crippen LogP contribution in [0.2, 0.25) is 0 Å². The molecule has 0 aromatic heterocycles. The quantitative estimate of drug-likeness (QED) is 0.589. The minimum Gasteiger partial charge on any atom is -0.294 e. The van der Waals surface area contributed by atoms with Gasteiger partial charge in [-0.2, -0.15) is 0 Å². The minimum atomic E-state index is 0.335. The Balaban J connectivity index is 2.53. The fraction of sp³-hybridized carbons (Fsp3) is 0.500. The van der Waals surface area contributed by atoms with Crippen LogP contribution >= 0.6 is 0 Å². The first kappa shape index (κ1) is 10.4. The van der Waals surface area contributed by atoms with Crippen LogP contribution in [0.4, 0.5) is 0 Å². The van der Waals surface area contributed by atoms with E-state index in [4.69, 9.17) is 0 Å². The van der Waals surface area contributed by atoms with Gasteiger partial charge in [0.05, 0.1) is 0 Å². The molecule has 0 saturated carbocycles. The highest BCUT2D eigenvalue weighted by atomic mass is 16.1. The molecule has 1 unspecified atom stereocenters. The molecule has 1 aromatic rings. The molecule has 1 aromatic carbocycles. The maximum atomic E-state index is 12.0. The smallest absolute Gasteiger partial charge is 0.163 e. The number of rotatable bonds is 0. The topological polar surface area (TPSA) is 17.1 Å². The van der Waals surface area contributed by atoms with Gasteiger partial charge in [0.1, 0.15) is 0 Å². The third kappa shape index (κ3) is 1.97. The molecule has 0 fully saturated rings. The van der Waals surface area contributed by atoms with Crippen LogP contribution < -0.4 is 0 Å². The Kier molecular flexibility index (Phi) is 2.64. The summed E-state index contributed by atoms with van der Waals surface area (Å²) in [6.45, 7) is 6.36. The van der Waals surface area contributed by atoms with Crippen molar-refractivity contribution in [3.8, 4) is 0 Å². The van der Waals surface area contributed by atoms with Gasteiger partial charge in [0, 0.05) is 12.0 Å². The van der Waals surface area contributed by atoms with Gasteiger partial charge in [-0.25, -0.2) is 0 Å². The molecule has 1 aliphatic carbocycles. The molecule has 0 spiro atoms. The molecule has 2 rings (SSSR count). The van der Waals surface area contributed by atoms with Crippen LogP contribution in [0.25, 0.3) is 0 Å². The average molecular weight is 202 g/mol. The molecule has 15 heavy (non-hydrogen) atoms. The summed E-state index contributed by atoms with van der Waals surface area (Å²) in [5.74, 6) is 0.867. The van der Waals surface area contributed by atoms with Crippen molar-refractivity contribution in [2.75, 3.05) is 0 Å². The van der Waals surface area contributed by atoms with Crippen LogP contribution in [0.3, 0.4) is 0 Å². The first-order chi connectivity index (χ1) is 7.08. The largest absolute Gasteiger partial charge is 0.294 e. The van der Waals surface area contributed by atoms with E-state index < -0.39 is 0 Å². The van der Waals surface area contributed by atoms with Crippen molar-refractivity contribution in [3.05, 3.63) is 34.4 Å². The second-order valence-electron chi connectivity index (χ2n) is 4.88. The molecule has 0 aliphatic heterocycles. The van der Waals surface area contributed by atoms with Crippen molar-refractivity contribution in [3.63, 3.8) is 0 Å². The lowest BCUT2D eigenvalue weighted by Crippen LogP contribution is -2.04. The molecule has 0 N–H and O–H groups in total. The molecule has 0 amide bonds. The van der Waals surface area contributed by atoms with Crippen molar-refractivity contribution in [1.29, 1.82) is 0 Å². The number of fused-ring (bicyclic) bond motifs is 1. The number of hydrogen-bond donors (Lipinski definition) is 0. The van der Waals surface area contributed by atoms with E-state index in [9.17, 15) is 4.79 Å². The zero-order chi connectivity index (χ0) is 11.0. The average Bonchev–Trinajstić information content (AvgIpc) is 2.27. The Labute approximate surface area is 91.5 Å². The number of benzene rings is 1. The normalized spacial score (nSPS) is 21.0. The van der Waals surface area contributed by atoms with Crippen molar-refractivity contribution in [2.24, 2.45) is 5.92 Å². The zero-order valence-corrected chi connectivity index (χ0v) is 9.76. The standard InChI is InChI=1S/C14H18O/c1-9-4-5-12-11(3)6-10(2)7-13(12)14(15)8-9/h6-7,9H,4-5,8H2,1-3H3. The van der Waals surface area contributed by atoms with E-state index in [-0.39, 0.29) is 0 Å². The van der Waals surface area contributed by atoms with Gasteiger partial charge in [0.25, 0.3) is 0 Å². The highest BCUT2D eigenvalue weighted by molar-refractivity contribution is 5.98. The lowest BCUT2D eigenvalue weighted by Gasteiger charge is -2.09. The summed E-state index contributed by atoms with van der Waals surface area (Å²) < 4.78 is 0. The summed E-state index contributed by atoms with van der Waals surface area (Å²) in [6, 6.07) is 4.24. The number of Topliss-reactive ketones (excluding diaryl/α,β-unsaturated/α-hetero) is 1. The van der Waals surface area contributed by atoms with Crippen LogP contribution in [0.5, 0.6) is 0 Å². The van der Waals surface area contributed by atoms with Gasteiger partial charge in [-0.1, -0.05) is 18.6 Å². The Morgan fingerprint density at radius 1 is 1.27 bits per heavy atom. The fourth-order valence-corrected chi connectivity index (χ4v) is 2.50. The molecule has 0 bridgehead atoms. The second-order valence-corrected chi connectivity index (χ2v) is 4.88. The van der Waals surface area contributed by atoms with Gasteiger partial charge in [-0.15, -0.1) is 0 Å². The van der Waals surface area contributed by atoms with Crippen molar-refractivity contribution < 1.29 is 4.79 Å². The maximum Gasteiger partial charge on any atom is 0.163 e. The number of ketones is 1. The Morgan fingerprint density at radius 2 is 2.00 bits per heavy atom. The van der Waals surface area contributed by atoms with Crippen LogP contribution in [-0.2, 0) is 6.42 Å². The maximum absolute atomic E-state index is 12.0. The van der Waals surface area contributed by atoms with Crippen LogP contribution in [0.1, 0.15) is 46.8 Å². The van der Waals surface area contributed by atoms with E-state index in [1.165, 1.54) is 16.7 Å². The zero-order valence-electron chi connectivity index (χ0n) is 9.76. The third-order valence-electron chi connectivity index (χ3n) is 3.34. The summed E-state index contributed by atoms with van der Waals surface area (Å²) in [4.78, 5) is 12.0. The molecule has 0 heterocycles. The molecule has 1 nitrogen and oxygen atoms in total. The van der Waals surface area contributed by atoms with Crippen LogP contribution in [0, 0.1) is 19.8 Å². The van der Waals surface area contributed by atoms with Gasteiger partial charge in [-0.05, 0) is 49.8 Å². The van der Waals surface area contributed by atoms with E-state index in [1.807, 2.05) is 0 Å². The van der Waals surface area contributed by atoms with Crippen molar-refractivity contribution in [1.82, 2.24) is 0 Å². The van der Waals surface area contributed by atoms with E-state index in [1.54, 1.807) is 0 Å². The highest BCUT2D eigenvalue weighted by Gasteiger charge is 2.21.